The summed E-state index contributed by atoms with van der Waals surface area (Å²) in [6.45, 7) is 2.10. The minimum atomic E-state index is -0.804. The number of rotatable bonds is 3. The molecule has 1 rings (SSSR count). The number of carboxylic acids is 1. The Hall–Kier alpha value is -0.700. The summed E-state index contributed by atoms with van der Waals surface area (Å²) >= 11 is 1.39. The van der Waals surface area contributed by atoms with Gasteiger partial charge >= 0.3 is 5.97 Å². The first-order valence-corrected chi connectivity index (χ1v) is 4.86. The second-order valence-corrected chi connectivity index (χ2v) is 3.80. The van der Waals surface area contributed by atoms with E-state index in [0.717, 1.165) is 19.3 Å². The van der Waals surface area contributed by atoms with Gasteiger partial charge in [0.2, 0.25) is 0 Å². The summed E-state index contributed by atoms with van der Waals surface area (Å²) in [6.07, 6.45) is 6.69. The molecule has 1 aliphatic rings. The Kier molecular flexibility index (Phi) is 3.41. The molecular weight excluding hydrogens is 172 g/mol. The largest absolute Gasteiger partial charge is 0.477 e. The first-order chi connectivity index (χ1) is 5.74. The highest BCUT2D eigenvalue weighted by atomic mass is 32.2. The minimum Gasteiger partial charge on any atom is -0.477 e. The van der Waals surface area contributed by atoms with Gasteiger partial charge < -0.3 is 5.11 Å². The van der Waals surface area contributed by atoms with Crippen molar-refractivity contribution in [1.82, 2.24) is 0 Å². The van der Waals surface area contributed by atoms with Crippen molar-refractivity contribution in [1.29, 1.82) is 0 Å². The standard InChI is InChI=1S/C9H12O2S/c1-2-4-7-5-3-6-8(12-7)9(10)11/h5-6H,2-4H2,1H3,(H,10,11). The maximum Gasteiger partial charge on any atom is 0.342 e. The highest BCUT2D eigenvalue weighted by Crippen LogP contribution is 2.33. The molecule has 1 aliphatic heterocycles. The van der Waals surface area contributed by atoms with Crippen molar-refractivity contribution in [2.24, 2.45) is 0 Å². The zero-order valence-corrected chi connectivity index (χ0v) is 7.86. The molecule has 12 heavy (non-hydrogen) atoms. The van der Waals surface area contributed by atoms with E-state index >= 15 is 0 Å². The van der Waals surface area contributed by atoms with Gasteiger partial charge in [-0.05, 0) is 17.7 Å². The lowest BCUT2D eigenvalue weighted by Crippen LogP contribution is -1.99. The third-order valence-corrected chi connectivity index (χ3v) is 2.79. The molecule has 0 aromatic heterocycles. The Morgan fingerprint density at radius 3 is 3.00 bits per heavy atom. The van der Waals surface area contributed by atoms with Gasteiger partial charge in [0.15, 0.2) is 0 Å². The Morgan fingerprint density at radius 2 is 2.42 bits per heavy atom. The molecule has 0 atom stereocenters. The van der Waals surface area contributed by atoms with E-state index in [-0.39, 0.29) is 0 Å². The molecule has 0 aromatic carbocycles. The van der Waals surface area contributed by atoms with Crippen LogP contribution < -0.4 is 0 Å². The molecule has 0 amide bonds. The predicted molar refractivity (Wildman–Crippen MR) is 50.9 cm³/mol. The molecule has 0 saturated carbocycles. The zero-order chi connectivity index (χ0) is 8.97. The number of carboxylic acid groups (broad SMARTS) is 1. The molecule has 3 heteroatoms. The van der Waals surface area contributed by atoms with Gasteiger partial charge in [0.1, 0.15) is 0 Å². The van der Waals surface area contributed by atoms with E-state index in [1.165, 1.54) is 16.7 Å². The molecule has 0 unspecified atom stereocenters. The summed E-state index contributed by atoms with van der Waals surface area (Å²) in [6, 6.07) is 0. The molecule has 0 aromatic rings. The number of hydrogen-bond donors (Lipinski definition) is 1. The average molecular weight is 184 g/mol. The topological polar surface area (TPSA) is 37.3 Å². The highest BCUT2D eigenvalue weighted by molar-refractivity contribution is 8.07. The zero-order valence-electron chi connectivity index (χ0n) is 7.04. The van der Waals surface area contributed by atoms with Crippen LogP contribution >= 0.6 is 11.8 Å². The van der Waals surface area contributed by atoms with Crippen LogP contribution in [0.2, 0.25) is 0 Å². The van der Waals surface area contributed by atoms with Gasteiger partial charge in [-0.1, -0.05) is 37.3 Å². The smallest absolute Gasteiger partial charge is 0.342 e. The molecule has 66 valence electrons. The third-order valence-electron chi connectivity index (χ3n) is 1.60. The summed E-state index contributed by atoms with van der Waals surface area (Å²) in [4.78, 5) is 12.3. The van der Waals surface area contributed by atoms with Crippen molar-refractivity contribution >= 4 is 17.7 Å². The van der Waals surface area contributed by atoms with Crippen LogP contribution in [0, 0.1) is 0 Å². The maximum atomic E-state index is 10.6. The van der Waals surface area contributed by atoms with Crippen molar-refractivity contribution in [3.63, 3.8) is 0 Å². The Morgan fingerprint density at radius 1 is 1.67 bits per heavy atom. The van der Waals surface area contributed by atoms with Crippen LogP contribution in [-0.4, -0.2) is 11.1 Å². The van der Waals surface area contributed by atoms with Gasteiger partial charge in [-0.3, -0.25) is 0 Å². The molecule has 0 fully saturated rings. The number of allylic oxidation sites excluding steroid dienone is 3. The van der Waals surface area contributed by atoms with E-state index in [4.69, 9.17) is 5.11 Å². The molecule has 1 heterocycles. The summed E-state index contributed by atoms with van der Waals surface area (Å²) in [5.41, 5.74) is 0. The van der Waals surface area contributed by atoms with Crippen molar-refractivity contribution in [3.05, 3.63) is 22.0 Å². The first-order valence-electron chi connectivity index (χ1n) is 4.04. The highest BCUT2D eigenvalue weighted by Gasteiger charge is 2.12. The average Bonchev–Trinajstić information content (AvgIpc) is 2.05. The lowest BCUT2D eigenvalue weighted by molar-refractivity contribution is -0.131. The van der Waals surface area contributed by atoms with E-state index in [2.05, 4.69) is 13.0 Å². The quantitative estimate of drug-likeness (QED) is 0.732. The van der Waals surface area contributed by atoms with Gasteiger partial charge in [0.25, 0.3) is 0 Å². The van der Waals surface area contributed by atoms with Gasteiger partial charge in [-0.25, -0.2) is 4.79 Å². The van der Waals surface area contributed by atoms with E-state index in [1.54, 1.807) is 6.08 Å². The predicted octanol–water partition coefficient (Wildman–Crippen LogP) is 2.78. The SMILES string of the molecule is CCCC1=CCC=C(C(=O)O)S1. The van der Waals surface area contributed by atoms with Gasteiger partial charge in [0, 0.05) is 0 Å². The number of thioether (sulfide) groups is 1. The van der Waals surface area contributed by atoms with Gasteiger partial charge in [-0.2, -0.15) is 0 Å². The number of carbonyl (C=O) groups is 1. The monoisotopic (exact) mass is 184 g/mol. The van der Waals surface area contributed by atoms with Crippen LogP contribution in [0.1, 0.15) is 26.2 Å². The molecule has 0 saturated heterocycles. The van der Waals surface area contributed by atoms with Crippen LogP contribution in [0.25, 0.3) is 0 Å². The molecule has 2 nitrogen and oxygen atoms in total. The molecule has 0 radical (unpaired) electrons. The third kappa shape index (κ3) is 2.41. The van der Waals surface area contributed by atoms with Crippen molar-refractivity contribution < 1.29 is 9.90 Å². The van der Waals surface area contributed by atoms with Gasteiger partial charge in [-0.15, -0.1) is 0 Å². The van der Waals surface area contributed by atoms with Crippen LogP contribution in [-0.2, 0) is 4.79 Å². The molecule has 0 spiro atoms. The van der Waals surface area contributed by atoms with Crippen molar-refractivity contribution in [3.8, 4) is 0 Å². The van der Waals surface area contributed by atoms with Crippen LogP contribution in [0.15, 0.2) is 22.0 Å². The fourth-order valence-corrected chi connectivity index (χ4v) is 2.09. The molecule has 1 N–H and O–H groups in total. The Labute approximate surface area is 76.4 Å². The Bertz CT molecular complexity index is 241. The van der Waals surface area contributed by atoms with Crippen molar-refractivity contribution in [2.45, 2.75) is 26.2 Å². The van der Waals surface area contributed by atoms with E-state index in [9.17, 15) is 4.79 Å². The van der Waals surface area contributed by atoms with Crippen LogP contribution in [0.3, 0.4) is 0 Å². The number of aliphatic carboxylic acids is 1. The summed E-state index contributed by atoms with van der Waals surface area (Å²) < 4.78 is 0. The van der Waals surface area contributed by atoms with Crippen molar-refractivity contribution in [2.75, 3.05) is 0 Å². The van der Waals surface area contributed by atoms with E-state index in [0.29, 0.717) is 4.91 Å². The van der Waals surface area contributed by atoms with Crippen LogP contribution in [0.4, 0.5) is 0 Å². The van der Waals surface area contributed by atoms with E-state index in [1.807, 2.05) is 0 Å². The van der Waals surface area contributed by atoms with E-state index < -0.39 is 5.97 Å². The molecule has 0 bridgehead atoms. The van der Waals surface area contributed by atoms with Gasteiger partial charge in [0.05, 0.1) is 4.91 Å². The second-order valence-electron chi connectivity index (χ2n) is 2.63. The summed E-state index contributed by atoms with van der Waals surface area (Å²) in [5.74, 6) is -0.804. The normalized spacial score (nSPS) is 16.8. The molecular formula is C9H12O2S. The maximum absolute atomic E-state index is 10.6. The minimum absolute atomic E-state index is 0.473. The summed E-state index contributed by atoms with van der Waals surface area (Å²) in [5, 5.41) is 8.71. The Balaban J connectivity index is 2.54. The lowest BCUT2D eigenvalue weighted by Gasteiger charge is -2.10. The second kappa shape index (κ2) is 4.36. The fourth-order valence-electron chi connectivity index (χ4n) is 1.05. The number of hydrogen-bond acceptors (Lipinski definition) is 2. The van der Waals surface area contributed by atoms with Crippen LogP contribution in [0.5, 0.6) is 0 Å². The fraction of sp³-hybridized carbons (Fsp3) is 0.444. The molecule has 0 aliphatic carbocycles. The lowest BCUT2D eigenvalue weighted by atomic mass is 10.2. The first kappa shape index (κ1) is 9.39. The summed E-state index contributed by atoms with van der Waals surface area (Å²) in [7, 11) is 0.